The van der Waals surface area contributed by atoms with Crippen LogP contribution in [0.5, 0.6) is 0 Å². The molecule has 140 valence electrons. The number of carbonyl (C=O) groups excluding carboxylic acids is 1. The molecule has 2 N–H and O–H groups in total. The SMILES string of the molecule is Cc1cc(-c2ccc(C(=O)N(C)CC(O)CO)cc2)cnc1-n1cnnc1. The highest BCUT2D eigenvalue weighted by Gasteiger charge is 2.15. The number of nitrogens with zero attached hydrogens (tertiary/aromatic N) is 5. The van der Waals surface area contributed by atoms with Crippen LogP contribution in [0.15, 0.2) is 49.2 Å². The molecule has 0 fully saturated rings. The molecule has 2 aromatic heterocycles. The molecule has 0 saturated heterocycles. The van der Waals surface area contributed by atoms with E-state index in [1.54, 1.807) is 42.6 Å². The standard InChI is InChI=1S/C19H21N5O3/c1-13-7-16(8-20-18(13)24-11-21-22-12-24)14-3-5-15(6-4-14)19(27)23(2)9-17(26)10-25/h3-8,11-12,17,25-26H,9-10H2,1-2H3. The van der Waals surface area contributed by atoms with Crippen LogP contribution < -0.4 is 0 Å². The van der Waals surface area contributed by atoms with Gasteiger partial charge in [-0.05, 0) is 36.2 Å². The molecular formula is C19H21N5O3. The highest BCUT2D eigenvalue weighted by atomic mass is 16.3. The fourth-order valence-corrected chi connectivity index (χ4v) is 2.79. The Morgan fingerprint density at radius 2 is 1.85 bits per heavy atom. The summed E-state index contributed by atoms with van der Waals surface area (Å²) in [5, 5.41) is 26.0. The number of hydrogen-bond donors (Lipinski definition) is 2. The first kappa shape index (κ1) is 18.7. The van der Waals surface area contributed by atoms with Gasteiger partial charge in [0.2, 0.25) is 0 Å². The Morgan fingerprint density at radius 3 is 2.44 bits per heavy atom. The minimum absolute atomic E-state index is 0.0742. The second kappa shape index (κ2) is 8.07. The maximum Gasteiger partial charge on any atom is 0.253 e. The lowest BCUT2D eigenvalue weighted by Crippen LogP contribution is -2.35. The third-order valence-corrected chi connectivity index (χ3v) is 4.22. The summed E-state index contributed by atoms with van der Waals surface area (Å²) >= 11 is 0. The zero-order valence-corrected chi connectivity index (χ0v) is 15.1. The van der Waals surface area contributed by atoms with Crippen LogP contribution >= 0.6 is 0 Å². The zero-order chi connectivity index (χ0) is 19.4. The largest absolute Gasteiger partial charge is 0.394 e. The number of carbonyl (C=O) groups is 1. The molecule has 3 aromatic rings. The van der Waals surface area contributed by atoms with Crippen molar-refractivity contribution in [1.82, 2.24) is 24.6 Å². The maximum absolute atomic E-state index is 12.4. The van der Waals surface area contributed by atoms with Gasteiger partial charge in [0.15, 0.2) is 0 Å². The number of likely N-dealkylation sites (N-methyl/N-ethyl adjacent to an activating group) is 1. The van der Waals surface area contributed by atoms with Crippen LogP contribution in [0.25, 0.3) is 16.9 Å². The number of amides is 1. The van der Waals surface area contributed by atoms with Crippen LogP contribution in [0.4, 0.5) is 0 Å². The number of hydrogen-bond acceptors (Lipinski definition) is 6. The van der Waals surface area contributed by atoms with Crippen molar-refractivity contribution in [3.63, 3.8) is 0 Å². The number of aliphatic hydroxyl groups excluding tert-OH is 2. The molecule has 0 aliphatic carbocycles. The van der Waals surface area contributed by atoms with Crippen molar-refractivity contribution in [2.75, 3.05) is 20.2 Å². The van der Waals surface area contributed by atoms with Crippen LogP contribution in [-0.4, -0.2) is 67.1 Å². The van der Waals surface area contributed by atoms with Crippen molar-refractivity contribution in [2.24, 2.45) is 0 Å². The van der Waals surface area contributed by atoms with E-state index in [2.05, 4.69) is 15.2 Å². The van der Waals surface area contributed by atoms with E-state index in [0.717, 1.165) is 22.5 Å². The predicted molar refractivity (Wildman–Crippen MR) is 99.4 cm³/mol. The Kier molecular flexibility index (Phi) is 5.58. The first-order chi connectivity index (χ1) is 13.0. The topological polar surface area (TPSA) is 104 Å². The molecule has 1 aromatic carbocycles. The normalized spacial score (nSPS) is 12.0. The second-order valence-corrected chi connectivity index (χ2v) is 6.33. The molecule has 8 nitrogen and oxygen atoms in total. The average molecular weight is 367 g/mol. The summed E-state index contributed by atoms with van der Waals surface area (Å²) in [5.41, 5.74) is 3.37. The Bertz CT molecular complexity index is 910. The van der Waals surface area contributed by atoms with Crippen molar-refractivity contribution in [3.8, 4) is 16.9 Å². The van der Waals surface area contributed by atoms with E-state index in [-0.39, 0.29) is 19.1 Å². The quantitative estimate of drug-likeness (QED) is 0.675. The van der Waals surface area contributed by atoms with Crippen molar-refractivity contribution in [3.05, 3.63) is 60.3 Å². The fraction of sp³-hybridized carbons (Fsp3) is 0.263. The molecule has 1 atom stereocenters. The molecular weight excluding hydrogens is 346 g/mol. The molecule has 27 heavy (non-hydrogen) atoms. The Morgan fingerprint density at radius 1 is 1.19 bits per heavy atom. The van der Waals surface area contributed by atoms with Gasteiger partial charge in [-0.1, -0.05) is 12.1 Å². The first-order valence-corrected chi connectivity index (χ1v) is 8.46. The van der Waals surface area contributed by atoms with Crippen molar-refractivity contribution in [2.45, 2.75) is 13.0 Å². The molecule has 0 bridgehead atoms. The lowest BCUT2D eigenvalue weighted by Gasteiger charge is -2.19. The monoisotopic (exact) mass is 367 g/mol. The highest BCUT2D eigenvalue weighted by Crippen LogP contribution is 2.23. The minimum Gasteiger partial charge on any atom is -0.394 e. The molecule has 1 unspecified atom stereocenters. The summed E-state index contributed by atoms with van der Waals surface area (Å²) in [4.78, 5) is 18.2. The summed E-state index contributed by atoms with van der Waals surface area (Å²) < 4.78 is 1.75. The number of rotatable bonds is 6. The summed E-state index contributed by atoms with van der Waals surface area (Å²) in [6.07, 6.45) is 4.01. The Hall–Kier alpha value is -3.10. The molecule has 0 saturated carbocycles. The maximum atomic E-state index is 12.4. The number of pyridine rings is 1. The third-order valence-electron chi connectivity index (χ3n) is 4.22. The van der Waals surface area contributed by atoms with E-state index in [1.165, 1.54) is 4.90 Å². The van der Waals surface area contributed by atoms with E-state index < -0.39 is 6.10 Å². The number of aromatic nitrogens is 4. The minimum atomic E-state index is -0.948. The molecule has 0 aliphatic rings. The van der Waals surface area contributed by atoms with Crippen LogP contribution in [0.1, 0.15) is 15.9 Å². The molecule has 0 aliphatic heterocycles. The van der Waals surface area contributed by atoms with Gasteiger partial charge in [0, 0.05) is 30.9 Å². The van der Waals surface area contributed by atoms with Gasteiger partial charge in [-0.25, -0.2) is 4.98 Å². The molecule has 2 heterocycles. The average Bonchev–Trinajstić information content (AvgIpc) is 3.21. The van der Waals surface area contributed by atoms with Gasteiger partial charge in [-0.2, -0.15) is 0 Å². The molecule has 3 rings (SSSR count). The summed E-state index contributed by atoms with van der Waals surface area (Å²) in [5.74, 6) is 0.547. The van der Waals surface area contributed by atoms with Crippen LogP contribution in [0, 0.1) is 6.92 Å². The molecule has 0 spiro atoms. The first-order valence-electron chi connectivity index (χ1n) is 8.46. The predicted octanol–water partition coefficient (Wildman–Crippen LogP) is 1.06. The van der Waals surface area contributed by atoms with Crippen molar-refractivity contribution >= 4 is 5.91 Å². The van der Waals surface area contributed by atoms with Gasteiger partial charge in [0.1, 0.15) is 18.5 Å². The number of aryl methyl sites for hydroxylation is 1. The fourth-order valence-electron chi connectivity index (χ4n) is 2.79. The Labute approximate surface area is 156 Å². The van der Waals surface area contributed by atoms with Crippen LogP contribution in [0.2, 0.25) is 0 Å². The molecule has 1 amide bonds. The summed E-state index contributed by atoms with van der Waals surface area (Å²) in [7, 11) is 1.59. The molecule has 8 heteroatoms. The van der Waals surface area contributed by atoms with Crippen LogP contribution in [0.3, 0.4) is 0 Å². The number of aliphatic hydroxyl groups is 2. The smallest absolute Gasteiger partial charge is 0.253 e. The van der Waals surface area contributed by atoms with Gasteiger partial charge in [-0.15, -0.1) is 10.2 Å². The van der Waals surface area contributed by atoms with Gasteiger partial charge < -0.3 is 15.1 Å². The highest BCUT2D eigenvalue weighted by molar-refractivity contribution is 5.94. The van der Waals surface area contributed by atoms with E-state index in [4.69, 9.17) is 5.11 Å². The third kappa shape index (κ3) is 4.18. The van der Waals surface area contributed by atoms with E-state index in [1.807, 2.05) is 25.1 Å². The van der Waals surface area contributed by atoms with Gasteiger partial charge in [-0.3, -0.25) is 9.36 Å². The molecule has 0 radical (unpaired) electrons. The summed E-state index contributed by atoms with van der Waals surface area (Å²) in [6.45, 7) is 1.66. The summed E-state index contributed by atoms with van der Waals surface area (Å²) in [6, 6.07) is 9.21. The van der Waals surface area contributed by atoms with Gasteiger partial charge in [0.25, 0.3) is 5.91 Å². The Balaban J connectivity index is 1.77. The van der Waals surface area contributed by atoms with Gasteiger partial charge in [0.05, 0.1) is 12.7 Å². The van der Waals surface area contributed by atoms with E-state index >= 15 is 0 Å². The van der Waals surface area contributed by atoms with E-state index in [0.29, 0.717) is 5.56 Å². The van der Waals surface area contributed by atoms with Gasteiger partial charge >= 0.3 is 0 Å². The zero-order valence-electron chi connectivity index (χ0n) is 15.1. The van der Waals surface area contributed by atoms with Crippen LogP contribution in [-0.2, 0) is 0 Å². The lowest BCUT2D eigenvalue weighted by molar-refractivity contribution is 0.0520. The number of benzene rings is 1. The van der Waals surface area contributed by atoms with E-state index in [9.17, 15) is 9.90 Å². The lowest BCUT2D eigenvalue weighted by atomic mass is 10.0. The van der Waals surface area contributed by atoms with Crippen molar-refractivity contribution in [1.29, 1.82) is 0 Å². The second-order valence-electron chi connectivity index (χ2n) is 6.33. The van der Waals surface area contributed by atoms with Crippen molar-refractivity contribution < 1.29 is 15.0 Å².